The van der Waals surface area contributed by atoms with E-state index < -0.39 is 21.8 Å². The van der Waals surface area contributed by atoms with E-state index in [1.165, 1.54) is 18.2 Å². The zero-order chi connectivity index (χ0) is 9.90. The van der Waals surface area contributed by atoms with Crippen LogP contribution >= 0.6 is 0 Å². The molecule has 1 rings (SSSR count). The van der Waals surface area contributed by atoms with Gasteiger partial charge < -0.3 is 9.87 Å². The molecule has 1 aromatic carbocycles. The van der Waals surface area contributed by atoms with Gasteiger partial charge in [0.25, 0.3) is 0 Å². The molecule has 0 aliphatic rings. The van der Waals surface area contributed by atoms with E-state index in [0.717, 1.165) is 6.07 Å². The van der Waals surface area contributed by atoms with Crippen LogP contribution < -0.4 is 34.9 Å². The first-order valence-electron chi connectivity index (χ1n) is 3.40. The standard InChI is InChI=1S/C7H8FNO3S.Na/c8-6-2-1-3-7(4-6)9-5-13(10,11)12;/h1-4,9H,5H2,(H,10,11,12);/q;+1/p-1. The molecule has 0 bridgehead atoms. The minimum Gasteiger partial charge on any atom is -0.747 e. The fourth-order valence-corrected chi connectivity index (χ4v) is 1.11. The van der Waals surface area contributed by atoms with Crippen LogP contribution in [0.2, 0.25) is 0 Å². The topological polar surface area (TPSA) is 69.2 Å². The van der Waals surface area contributed by atoms with E-state index in [9.17, 15) is 17.4 Å². The molecule has 0 amide bonds. The van der Waals surface area contributed by atoms with Crippen LogP contribution in [0.5, 0.6) is 0 Å². The van der Waals surface area contributed by atoms with Crippen molar-refractivity contribution in [2.24, 2.45) is 0 Å². The Morgan fingerprint density at radius 3 is 2.57 bits per heavy atom. The van der Waals surface area contributed by atoms with Gasteiger partial charge in [0, 0.05) is 5.69 Å². The average molecular weight is 227 g/mol. The molecule has 0 saturated carbocycles. The number of anilines is 1. The number of nitrogens with one attached hydrogen (secondary N) is 1. The number of hydrogen-bond acceptors (Lipinski definition) is 4. The van der Waals surface area contributed by atoms with Gasteiger partial charge in [-0.3, -0.25) is 0 Å². The fraction of sp³-hybridized carbons (Fsp3) is 0.143. The molecule has 0 atom stereocenters. The first-order valence-corrected chi connectivity index (χ1v) is 4.98. The monoisotopic (exact) mass is 227 g/mol. The Morgan fingerprint density at radius 1 is 1.43 bits per heavy atom. The molecule has 0 aromatic heterocycles. The molecule has 1 aromatic rings. The third-order valence-corrected chi connectivity index (χ3v) is 1.78. The summed E-state index contributed by atoms with van der Waals surface area (Å²) in [6.45, 7) is 0. The van der Waals surface area contributed by atoms with Crippen molar-refractivity contribution >= 4 is 15.8 Å². The Balaban J connectivity index is 0.00000169. The maximum atomic E-state index is 12.5. The first kappa shape index (κ1) is 13.9. The zero-order valence-electron chi connectivity index (χ0n) is 7.53. The molecule has 0 fully saturated rings. The predicted octanol–water partition coefficient (Wildman–Crippen LogP) is -2.26. The van der Waals surface area contributed by atoms with Gasteiger partial charge in [-0.25, -0.2) is 12.8 Å². The fourth-order valence-electron chi connectivity index (χ4n) is 0.770. The Kier molecular flexibility index (Phi) is 5.61. The number of benzene rings is 1. The molecule has 0 unspecified atom stereocenters. The summed E-state index contributed by atoms with van der Waals surface area (Å²) in [4.78, 5) is 0. The van der Waals surface area contributed by atoms with Crippen molar-refractivity contribution in [2.45, 2.75) is 0 Å². The Labute approximate surface area is 104 Å². The van der Waals surface area contributed by atoms with E-state index in [1.807, 2.05) is 0 Å². The first-order chi connectivity index (χ1) is 5.97. The third-order valence-electron chi connectivity index (χ3n) is 1.28. The molecular weight excluding hydrogens is 220 g/mol. The summed E-state index contributed by atoms with van der Waals surface area (Å²) in [6, 6.07) is 5.20. The van der Waals surface area contributed by atoms with Crippen LogP contribution in [0.15, 0.2) is 24.3 Å². The summed E-state index contributed by atoms with van der Waals surface area (Å²) >= 11 is 0. The average Bonchev–Trinajstić information content (AvgIpc) is 2.00. The van der Waals surface area contributed by atoms with E-state index in [4.69, 9.17) is 0 Å². The second-order valence-corrected chi connectivity index (χ2v) is 3.79. The molecule has 0 aliphatic carbocycles. The minimum atomic E-state index is -4.32. The molecule has 0 heterocycles. The summed E-state index contributed by atoms with van der Waals surface area (Å²) < 4.78 is 43.1. The molecule has 72 valence electrons. The van der Waals surface area contributed by atoms with Crippen LogP contribution in [-0.4, -0.2) is 18.8 Å². The van der Waals surface area contributed by atoms with E-state index >= 15 is 0 Å². The van der Waals surface area contributed by atoms with Gasteiger partial charge in [0.05, 0.1) is 0 Å². The van der Waals surface area contributed by atoms with Crippen LogP contribution in [0.25, 0.3) is 0 Å². The minimum absolute atomic E-state index is 0. The largest absolute Gasteiger partial charge is 1.00 e. The van der Waals surface area contributed by atoms with Gasteiger partial charge in [-0.05, 0) is 18.2 Å². The zero-order valence-corrected chi connectivity index (χ0v) is 10.3. The summed E-state index contributed by atoms with van der Waals surface area (Å²) in [7, 11) is -4.32. The maximum absolute atomic E-state index is 12.5. The molecule has 1 N–H and O–H groups in total. The number of halogens is 1. The second-order valence-electron chi connectivity index (χ2n) is 2.39. The normalized spacial score (nSPS) is 10.4. The molecule has 0 radical (unpaired) electrons. The molecular formula is C7H7FNNaO3S. The molecule has 0 aliphatic heterocycles. The number of rotatable bonds is 3. The summed E-state index contributed by atoms with van der Waals surface area (Å²) in [5, 5.41) is 2.28. The van der Waals surface area contributed by atoms with Gasteiger partial charge in [-0.1, -0.05) is 6.07 Å². The maximum Gasteiger partial charge on any atom is 1.00 e. The van der Waals surface area contributed by atoms with Gasteiger partial charge >= 0.3 is 29.6 Å². The van der Waals surface area contributed by atoms with Crippen molar-refractivity contribution in [3.05, 3.63) is 30.1 Å². The van der Waals surface area contributed by atoms with Crippen LogP contribution in [0.1, 0.15) is 0 Å². The van der Waals surface area contributed by atoms with E-state index in [-0.39, 0.29) is 35.2 Å². The Bertz CT molecular complexity index is 396. The quantitative estimate of drug-likeness (QED) is 0.467. The van der Waals surface area contributed by atoms with E-state index in [0.29, 0.717) is 0 Å². The van der Waals surface area contributed by atoms with Crippen molar-refractivity contribution < 1.29 is 46.9 Å². The molecule has 4 nitrogen and oxygen atoms in total. The van der Waals surface area contributed by atoms with Crippen molar-refractivity contribution in [3.63, 3.8) is 0 Å². The Hall–Kier alpha value is -0.140. The predicted molar refractivity (Wildman–Crippen MR) is 44.6 cm³/mol. The van der Waals surface area contributed by atoms with Gasteiger partial charge in [0.1, 0.15) is 21.8 Å². The molecule has 14 heavy (non-hydrogen) atoms. The van der Waals surface area contributed by atoms with Gasteiger partial charge in [0.15, 0.2) is 0 Å². The summed E-state index contributed by atoms with van der Waals surface area (Å²) in [5.41, 5.74) is 0.263. The van der Waals surface area contributed by atoms with Gasteiger partial charge in [-0.15, -0.1) is 0 Å². The summed E-state index contributed by atoms with van der Waals surface area (Å²) in [6.07, 6.45) is 0. The van der Waals surface area contributed by atoms with Crippen LogP contribution in [-0.2, 0) is 10.1 Å². The number of hydrogen-bond donors (Lipinski definition) is 1. The third kappa shape index (κ3) is 5.56. The summed E-state index contributed by atoms with van der Waals surface area (Å²) in [5.74, 6) is -1.23. The van der Waals surface area contributed by atoms with Crippen LogP contribution in [0, 0.1) is 5.82 Å². The SMILES string of the molecule is O=S(=O)([O-])CNc1cccc(F)c1.[Na+]. The van der Waals surface area contributed by atoms with Crippen LogP contribution in [0.3, 0.4) is 0 Å². The second kappa shape index (κ2) is 5.67. The molecule has 0 spiro atoms. The van der Waals surface area contributed by atoms with E-state index in [1.54, 1.807) is 0 Å². The van der Waals surface area contributed by atoms with Crippen molar-refractivity contribution in [1.82, 2.24) is 0 Å². The van der Waals surface area contributed by atoms with Crippen molar-refractivity contribution in [1.29, 1.82) is 0 Å². The Morgan fingerprint density at radius 2 is 2.07 bits per heavy atom. The van der Waals surface area contributed by atoms with E-state index in [2.05, 4.69) is 5.32 Å². The smallest absolute Gasteiger partial charge is 0.747 e. The van der Waals surface area contributed by atoms with Crippen molar-refractivity contribution in [2.75, 3.05) is 11.2 Å². The van der Waals surface area contributed by atoms with Gasteiger partial charge in [-0.2, -0.15) is 0 Å². The van der Waals surface area contributed by atoms with Crippen molar-refractivity contribution in [3.8, 4) is 0 Å². The molecule has 0 saturated heterocycles. The molecule has 7 heteroatoms. The van der Waals surface area contributed by atoms with Gasteiger partial charge in [0.2, 0.25) is 0 Å². The van der Waals surface area contributed by atoms with Crippen LogP contribution in [0.4, 0.5) is 10.1 Å².